The molecule has 2 aliphatic heterocycles. The van der Waals surface area contributed by atoms with Gasteiger partial charge < -0.3 is 9.73 Å². The van der Waals surface area contributed by atoms with Gasteiger partial charge in [-0.15, -0.1) is 5.10 Å². The van der Waals surface area contributed by atoms with Gasteiger partial charge in [0.05, 0.1) is 23.5 Å². The van der Waals surface area contributed by atoms with Crippen LogP contribution < -0.4 is 10.6 Å². The van der Waals surface area contributed by atoms with E-state index in [1.807, 2.05) is 0 Å². The van der Waals surface area contributed by atoms with Gasteiger partial charge >= 0.3 is 6.01 Å². The highest BCUT2D eigenvalue weighted by molar-refractivity contribution is 7.91. The maximum atomic E-state index is 11.9. The number of sulfone groups is 1. The van der Waals surface area contributed by atoms with Crippen molar-refractivity contribution in [3.8, 4) is 0 Å². The highest BCUT2D eigenvalue weighted by atomic mass is 32.2. The molecule has 0 aromatic carbocycles. The third kappa shape index (κ3) is 2.83. The monoisotopic (exact) mass is 300 g/mol. The van der Waals surface area contributed by atoms with E-state index in [4.69, 9.17) is 4.42 Å². The van der Waals surface area contributed by atoms with Crippen molar-refractivity contribution in [1.82, 2.24) is 15.5 Å². The summed E-state index contributed by atoms with van der Waals surface area (Å²) in [4.78, 5) is 11.9. The van der Waals surface area contributed by atoms with Crippen LogP contribution in [0, 0.1) is 5.92 Å². The van der Waals surface area contributed by atoms with E-state index in [1.54, 1.807) is 0 Å². The third-order valence-electron chi connectivity index (χ3n) is 3.63. The van der Waals surface area contributed by atoms with E-state index in [1.165, 1.54) is 0 Å². The van der Waals surface area contributed by atoms with E-state index >= 15 is 0 Å². The molecule has 2 N–H and O–H groups in total. The number of carbonyl (C=O) groups excluding carboxylic acids is 1. The quantitative estimate of drug-likeness (QED) is 0.799. The van der Waals surface area contributed by atoms with Crippen molar-refractivity contribution in [2.75, 3.05) is 23.4 Å². The molecule has 1 aromatic heterocycles. The molecule has 2 atom stereocenters. The van der Waals surface area contributed by atoms with Crippen molar-refractivity contribution >= 4 is 21.8 Å². The van der Waals surface area contributed by atoms with Crippen LogP contribution in [0.1, 0.15) is 31.2 Å². The van der Waals surface area contributed by atoms with E-state index < -0.39 is 15.8 Å². The SMILES string of the molecule is O=C(Nc1nnc(C2CCCN2)o1)C1CCS(=O)(=O)C1. The van der Waals surface area contributed by atoms with Crippen molar-refractivity contribution in [1.29, 1.82) is 0 Å². The van der Waals surface area contributed by atoms with Crippen molar-refractivity contribution in [2.24, 2.45) is 5.92 Å². The van der Waals surface area contributed by atoms with Gasteiger partial charge in [-0.05, 0) is 25.8 Å². The molecule has 1 amide bonds. The number of amides is 1. The van der Waals surface area contributed by atoms with Crippen LogP contribution in [0.3, 0.4) is 0 Å². The van der Waals surface area contributed by atoms with E-state index in [9.17, 15) is 13.2 Å². The molecular weight excluding hydrogens is 284 g/mol. The maximum Gasteiger partial charge on any atom is 0.322 e. The van der Waals surface area contributed by atoms with E-state index in [-0.39, 0.29) is 29.5 Å². The summed E-state index contributed by atoms with van der Waals surface area (Å²) < 4.78 is 28.1. The van der Waals surface area contributed by atoms with Crippen LogP contribution in [0.15, 0.2) is 4.42 Å². The van der Waals surface area contributed by atoms with Gasteiger partial charge in [0, 0.05) is 0 Å². The van der Waals surface area contributed by atoms with Crippen molar-refractivity contribution < 1.29 is 17.6 Å². The van der Waals surface area contributed by atoms with Crippen LogP contribution in [0.5, 0.6) is 0 Å². The second-order valence-corrected chi connectivity index (χ2v) is 7.41. The Morgan fingerprint density at radius 1 is 1.35 bits per heavy atom. The fourth-order valence-electron chi connectivity index (χ4n) is 2.53. The number of rotatable bonds is 3. The van der Waals surface area contributed by atoms with Crippen LogP contribution in [-0.4, -0.2) is 42.6 Å². The first kappa shape index (κ1) is 13.5. The Kier molecular flexibility index (Phi) is 3.47. The smallest absolute Gasteiger partial charge is 0.322 e. The van der Waals surface area contributed by atoms with Gasteiger partial charge in [0.2, 0.25) is 11.8 Å². The molecule has 3 heterocycles. The number of carbonyl (C=O) groups is 1. The first-order valence-electron chi connectivity index (χ1n) is 6.61. The van der Waals surface area contributed by atoms with Gasteiger partial charge in [-0.25, -0.2) is 8.42 Å². The molecule has 0 bridgehead atoms. The molecule has 8 nitrogen and oxygen atoms in total. The van der Waals surface area contributed by atoms with Gasteiger partial charge in [0.15, 0.2) is 9.84 Å². The molecule has 20 heavy (non-hydrogen) atoms. The average Bonchev–Trinajstić information content (AvgIpc) is 3.07. The zero-order valence-electron chi connectivity index (χ0n) is 10.8. The lowest BCUT2D eigenvalue weighted by Crippen LogP contribution is -2.23. The molecule has 2 aliphatic rings. The predicted octanol–water partition coefficient (Wildman–Crippen LogP) is -0.133. The molecule has 0 aliphatic carbocycles. The van der Waals surface area contributed by atoms with Crippen molar-refractivity contribution in [3.63, 3.8) is 0 Å². The molecule has 1 aromatic rings. The highest BCUT2D eigenvalue weighted by Gasteiger charge is 2.33. The first-order chi connectivity index (χ1) is 9.53. The number of aromatic nitrogens is 2. The molecule has 0 saturated carbocycles. The number of hydrogen-bond donors (Lipinski definition) is 2. The summed E-state index contributed by atoms with van der Waals surface area (Å²) in [5.74, 6) is -0.492. The number of nitrogens with one attached hydrogen (secondary N) is 2. The summed E-state index contributed by atoms with van der Waals surface area (Å²) in [5.41, 5.74) is 0. The minimum Gasteiger partial charge on any atom is -0.406 e. The minimum atomic E-state index is -3.08. The zero-order chi connectivity index (χ0) is 14.2. The fourth-order valence-corrected chi connectivity index (χ4v) is 4.27. The number of hydrogen-bond acceptors (Lipinski definition) is 7. The molecule has 2 saturated heterocycles. The van der Waals surface area contributed by atoms with Crippen molar-refractivity contribution in [2.45, 2.75) is 25.3 Å². The van der Waals surface area contributed by atoms with Crippen LogP contribution in [0.4, 0.5) is 6.01 Å². The van der Waals surface area contributed by atoms with Gasteiger partial charge in [0.1, 0.15) is 0 Å². The van der Waals surface area contributed by atoms with Gasteiger partial charge in [-0.2, -0.15) is 0 Å². The van der Waals surface area contributed by atoms with E-state index in [0.29, 0.717) is 12.3 Å². The van der Waals surface area contributed by atoms with Gasteiger partial charge in [-0.1, -0.05) is 5.10 Å². The van der Waals surface area contributed by atoms with Crippen molar-refractivity contribution in [3.05, 3.63) is 5.89 Å². The minimum absolute atomic E-state index is 0.0306. The third-order valence-corrected chi connectivity index (χ3v) is 5.40. The maximum absolute atomic E-state index is 11.9. The van der Waals surface area contributed by atoms with Crippen LogP contribution >= 0.6 is 0 Å². The Morgan fingerprint density at radius 2 is 2.20 bits per heavy atom. The van der Waals surface area contributed by atoms with Crippen LogP contribution in [0.2, 0.25) is 0 Å². The number of nitrogens with zero attached hydrogens (tertiary/aromatic N) is 2. The largest absolute Gasteiger partial charge is 0.406 e. The molecule has 3 rings (SSSR count). The van der Waals surface area contributed by atoms with Crippen LogP contribution in [0.25, 0.3) is 0 Å². The molecule has 2 fully saturated rings. The Morgan fingerprint density at radius 3 is 2.85 bits per heavy atom. The normalized spacial score (nSPS) is 28.6. The number of anilines is 1. The Balaban J connectivity index is 1.62. The van der Waals surface area contributed by atoms with Crippen LogP contribution in [-0.2, 0) is 14.6 Å². The summed E-state index contributed by atoms with van der Waals surface area (Å²) in [7, 11) is -3.08. The lowest BCUT2D eigenvalue weighted by molar-refractivity contribution is -0.119. The summed E-state index contributed by atoms with van der Waals surface area (Å²) in [6.07, 6.45) is 2.32. The predicted molar refractivity (Wildman–Crippen MR) is 69.7 cm³/mol. The van der Waals surface area contributed by atoms with E-state index in [0.717, 1.165) is 19.4 Å². The molecule has 2 unspecified atom stereocenters. The van der Waals surface area contributed by atoms with Gasteiger partial charge in [0.25, 0.3) is 0 Å². The first-order valence-corrected chi connectivity index (χ1v) is 8.44. The Bertz CT molecular complexity index is 606. The summed E-state index contributed by atoms with van der Waals surface area (Å²) in [5, 5.41) is 13.4. The molecular formula is C11H16N4O4S. The lowest BCUT2D eigenvalue weighted by Gasteiger charge is -2.06. The topological polar surface area (TPSA) is 114 Å². The standard InChI is InChI=1S/C11H16N4O4S/c16-9(7-3-5-20(17,18)6-7)13-11-15-14-10(19-11)8-2-1-4-12-8/h7-8,12H,1-6H2,(H,13,15,16). The molecule has 0 radical (unpaired) electrons. The average molecular weight is 300 g/mol. The Hall–Kier alpha value is -1.48. The zero-order valence-corrected chi connectivity index (χ0v) is 11.6. The fraction of sp³-hybridized carbons (Fsp3) is 0.727. The summed E-state index contributed by atoms with van der Waals surface area (Å²) in [6.45, 7) is 0.911. The second kappa shape index (κ2) is 5.13. The molecule has 110 valence electrons. The second-order valence-electron chi connectivity index (χ2n) is 5.18. The summed E-state index contributed by atoms with van der Waals surface area (Å²) >= 11 is 0. The molecule has 0 spiro atoms. The lowest BCUT2D eigenvalue weighted by atomic mass is 10.1. The Labute approximate surface area is 116 Å². The summed E-state index contributed by atoms with van der Waals surface area (Å²) in [6, 6.07) is 0.0722. The van der Waals surface area contributed by atoms with Gasteiger partial charge in [-0.3, -0.25) is 10.1 Å². The van der Waals surface area contributed by atoms with E-state index in [2.05, 4.69) is 20.8 Å². The molecule has 9 heteroatoms. The highest BCUT2D eigenvalue weighted by Crippen LogP contribution is 2.24.